The summed E-state index contributed by atoms with van der Waals surface area (Å²) in [5, 5.41) is 0.761. The summed E-state index contributed by atoms with van der Waals surface area (Å²) in [6, 6.07) is 11.8. The molecule has 2 heterocycles. The topological polar surface area (TPSA) is 41.1 Å². The number of quaternary nitrogens is 1. The lowest BCUT2D eigenvalue weighted by molar-refractivity contribution is -0.892. The lowest BCUT2D eigenvalue weighted by Crippen LogP contribution is -3.15. The molecule has 1 fully saturated rings. The van der Waals surface area contributed by atoms with Crippen LogP contribution in [0.15, 0.2) is 40.8 Å². The van der Waals surface area contributed by atoms with E-state index in [1.54, 1.807) is 4.90 Å². The molecule has 0 unspecified atom stereocenters. The van der Waals surface area contributed by atoms with Crippen LogP contribution in [0.3, 0.4) is 0 Å². The Morgan fingerprint density at radius 2 is 2.04 bits per heavy atom. The number of amides is 1. The molecule has 134 valence electrons. The maximum absolute atomic E-state index is 12.5. The number of aryl methyl sites for hydroxylation is 1. The predicted molar refractivity (Wildman–Crippen MR) is 99.1 cm³/mol. The first-order valence-corrected chi connectivity index (χ1v) is 9.02. The summed E-state index contributed by atoms with van der Waals surface area (Å²) in [6.45, 7) is 6.73. The van der Waals surface area contributed by atoms with Gasteiger partial charge in [0.15, 0.2) is 6.54 Å². The van der Waals surface area contributed by atoms with E-state index in [4.69, 9.17) is 16.0 Å². The molecule has 1 aliphatic heterocycles. The normalized spacial score (nSPS) is 15.4. The average Bonchev–Trinajstić information content (AvgIpc) is 3.00. The number of piperazine rings is 1. The van der Waals surface area contributed by atoms with Crippen molar-refractivity contribution in [3.8, 4) is 0 Å². The number of benzene rings is 1. The van der Waals surface area contributed by atoms with Crippen molar-refractivity contribution >= 4 is 23.2 Å². The SMILES string of the molecule is Cc1ccc(CN(C)C(=O)C[NH+]2CCN(c3cccc(Cl)c3)CC2)o1. The zero-order valence-corrected chi connectivity index (χ0v) is 15.6. The Hall–Kier alpha value is -1.98. The largest absolute Gasteiger partial charge is 0.464 e. The van der Waals surface area contributed by atoms with E-state index >= 15 is 0 Å². The van der Waals surface area contributed by atoms with Gasteiger partial charge in [0.05, 0.1) is 32.7 Å². The van der Waals surface area contributed by atoms with E-state index in [0.717, 1.165) is 48.4 Å². The molecule has 1 aliphatic rings. The Balaban J connectivity index is 1.47. The molecule has 25 heavy (non-hydrogen) atoms. The minimum atomic E-state index is 0.153. The molecule has 1 amide bonds. The van der Waals surface area contributed by atoms with Crippen LogP contribution in [0.25, 0.3) is 0 Å². The van der Waals surface area contributed by atoms with Crippen molar-refractivity contribution in [1.82, 2.24) is 4.90 Å². The molecule has 1 aromatic carbocycles. The highest BCUT2D eigenvalue weighted by Gasteiger charge is 2.24. The third-order valence-corrected chi connectivity index (χ3v) is 4.89. The zero-order valence-electron chi connectivity index (χ0n) is 14.8. The number of nitrogens with one attached hydrogen (secondary N) is 1. The van der Waals surface area contributed by atoms with Gasteiger partial charge in [0.2, 0.25) is 0 Å². The summed E-state index contributed by atoms with van der Waals surface area (Å²) in [4.78, 5) is 17.8. The molecular weight excluding hydrogens is 338 g/mol. The minimum Gasteiger partial charge on any atom is -0.464 e. The smallest absolute Gasteiger partial charge is 0.277 e. The van der Waals surface area contributed by atoms with E-state index in [1.165, 1.54) is 4.90 Å². The van der Waals surface area contributed by atoms with Crippen LogP contribution < -0.4 is 9.80 Å². The van der Waals surface area contributed by atoms with E-state index in [-0.39, 0.29) is 5.91 Å². The van der Waals surface area contributed by atoms with Crippen molar-refractivity contribution < 1.29 is 14.1 Å². The summed E-state index contributed by atoms with van der Waals surface area (Å²) in [7, 11) is 1.84. The van der Waals surface area contributed by atoms with Gasteiger partial charge < -0.3 is 19.1 Å². The number of nitrogens with zero attached hydrogens (tertiary/aromatic N) is 2. The van der Waals surface area contributed by atoms with Crippen LogP contribution in [0.5, 0.6) is 0 Å². The molecule has 0 radical (unpaired) electrons. The minimum absolute atomic E-state index is 0.153. The molecule has 6 heteroatoms. The van der Waals surface area contributed by atoms with Crippen LogP contribution in [-0.2, 0) is 11.3 Å². The number of likely N-dealkylation sites (N-methyl/N-ethyl adjacent to an activating group) is 1. The van der Waals surface area contributed by atoms with Crippen LogP contribution in [0, 0.1) is 6.92 Å². The molecule has 1 aromatic heterocycles. The van der Waals surface area contributed by atoms with Gasteiger partial charge in [0.1, 0.15) is 11.5 Å². The van der Waals surface area contributed by atoms with Crippen molar-refractivity contribution in [2.75, 3.05) is 44.7 Å². The molecule has 3 rings (SSSR count). The van der Waals surface area contributed by atoms with Gasteiger partial charge in [0, 0.05) is 17.8 Å². The second-order valence-corrected chi connectivity index (χ2v) is 7.09. The number of carbonyl (C=O) groups excluding carboxylic acids is 1. The van der Waals surface area contributed by atoms with Crippen molar-refractivity contribution in [3.05, 3.63) is 52.9 Å². The van der Waals surface area contributed by atoms with Gasteiger partial charge in [0.25, 0.3) is 5.91 Å². The Labute approximate surface area is 153 Å². The molecule has 0 spiro atoms. The lowest BCUT2D eigenvalue weighted by atomic mass is 10.2. The van der Waals surface area contributed by atoms with Crippen LogP contribution in [-0.4, -0.2) is 50.6 Å². The van der Waals surface area contributed by atoms with Gasteiger partial charge in [-0.3, -0.25) is 4.79 Å². The fourth-order valence-corrected chi connectivity index (χ4v) is 3.36. The highest BCUT2D eigenvalue weighted by atomic mass is 35.5. The molecule has 5 nitrogen and oxygen atoms in total. The van der Waals surface area contributed by atoms with Crippen LogP contribution in [0.2, 0.25) is 5.02 Å². The Bertz CT molecular complexity index is 723. The summed E-state index contributed by atoms with van der Waals surface area (Å²) >= 11 is 6.07. The number of hydrogen-bond donors (Lipinski definition) is 1. The standard InChI is InChI=1S/C19H24ClN3O2/c1-15-6-7-18(25-15)13-21(2)19(24)14-22-8-10-23(11-9-22)17-5-3-4-16(20)12-17/h3-7,12H,8-11,13-14H2,1-2H3/p+1. The Morgan fingerprint density at radius 1 is 1.28 bits per heavy atom. The van der Waals surface area contributed by atoms with Gasteiger partial charge in [-0.2, -0.15) is 0 Å². The summed E-state index contributed by atoms with van der Waals surface area (Å²) in [5.74, 6) is 1.85. The third-order valence-electron chi connectivity index (χ3n) is 4.66. The van der Waals surface area contributed by atoms with E-state index in [0.29, 0.717) is 13.1 Å². The Kier molecular flexibility index (Phi) is 5.66. The highest BCUT2D eigenvalue weighted by Crippen LogP contribution is 2.19. The molecule has 1 saturated heterocycles. The van der Waals surface area contributed by atoms with Crippen molar-refractivity contribution in [2.45, 2.75) is 13.5 Å². The first kappa shape index (κ1) is 17.8. The number of halogens is 1. The van der Waals surface area contributed by atoms with Crippen LogP contribution >= 0.6 is 11.6 Å². The van der Waals surface area contributed by atoms with E-state index in [1.807, 2.05) is 44.3 Å². The van der Waals surface area contributed by atoms with Crippen molar-refractivity contribution in [2.24, 2.45) is 0 Å². The molecule has 0 bridgehead atoms. The van der Waals surface area contributed by atoms with Gasteiger partial charge in [-0.25, -0.2) is 0 Å². The third kappa shape index (κ3) is 4.77. The summed E-state index contributed by atoms with van der Waals surface area (Å²) in [5.41, 5.74) is 1.16. The van der Waals surface area contributed by atoms with Gasteiger partial charge in [-0.05, 0) is 37.3 Å². The van der Waals surface area contributed by atoms with Crippen molar-refractivity contribution in [1.29, 1.82) is 0 Å². The number of furan rings is 1. The quantitative estimate of drug-likeness (QED) is 0.878. The Morgan fingerprint density at radius 3 is 2.68 bits per heavy atom. The van der Waals surface area contributed by atoms with Crippen LogP contribution in [0.4, 0.5) is 5.69 Å². The van der Waals surface area contributed by atoms with Crippen LogP contribution in [0.1, 0.15) is 11.5 Å². The lowest BCUT2D eigenvalue weighted by Gasteiger charge is -2.34. The molecule has 2 aromatic rings. The van der Waals surface area contributed by atoms with Crippen molar-refractivity contribution in [3.63, 3.8) is 0 Å². The molecular formula is C19H25ClN3O2+. The second-order valence-electron chi connectivity index (χ2n) is 6.66. The maximum Gasteiger partial charge on any atom is 0.277 e. The number of rotatable bonds is 5. The first-order chi connectivity index (χ1) is 12.0. The number of carbonyl (C=O) groups is 1. The molecule has 1 N–H and O–H groups in total. The fraction of sp³-hybridized carbons (Fsp3) is 0.421. The van der Waals surface area contributed by atoms with E-state index < -0.39 is 0 Å². The number of hydrogen-bond acceptors (Lipinski definition) is 3. The van der Waals surface area contributed by atoms with E-state index in [2.05, 4.69) is 11.0 Å². The predicted octanol–water partition coefficient (Wildman–Crippen LogP) is 1.60. The molecule has 0 aliphatic carbocycles. The summed E-state index contributed by atoms with van der Waals surface area (Å²) < 4.78 is 5.55. The van der Waals surface area contributed by atoms with E-state index in [9.17, 15) is 4.79 Å². The fourth-order valence-electron chi connectivity index (χ4n) is 3.17. The van der Waals surface area contributed by atoms with Gasteiger partial charge in [-0.15, -0.1) is 0 Å². The monoisotopic (exact) mass is 362 g/mol. The number of anilines is 1. The van der Waals surface area contributed by atoms with Gasteiger partial charge in [-0.1, -0.05) is 17.7 Å². The zero-order chi connectivity index (χ0) is 17.8. The molecule has 0 saturated carbocycles. The summed E-state index contributed by atoms with van der Waals surface area (Å²) in [6.07, 6.45) is 0. The average molecular weight is 363 g/mol. The molecule has 0 atom stereocenters. The van der Waals surface area contributed by atoms with Gasteiger partial charge >= 0.3 is 0 Å². The second kappa shape index (κ2) is 7.93. The maximum atomic E-state index is 12.5. The first-order valence-electron chi connectivity index (χ1n) is 8.64. The highest BCUT2D eigenvalue weighted by molar-refractivity contribution is 6.30.